The van der Waals surface area contributed by atoms with Crippen molar-refractivity contribution < 1.29 is 9.59 Å². The normalized spacial score (nSPS) is 14.2. The van der Waals surface area contributed by atoms with Gasteiger partial charge in [-0.3, -0.25) is 14.6 Å². The lowest BCUT2D eigenvalue weighted by atomic mass is 9.87. The topological polar surface area (TPSA) is 72.5 Å². The Morgan fingerprint density at radius 1 is 0.970 bits per heavy atom. The quantitative estimate of drug-likeness (QED) is 0.256. The number of amidine groups is 1. The number of rotatable bonds is 9. The van der Waals surface area contributed by atoms with Gasteiger partial charge in [-0.15, -0.1) is 0 Å². The van der Waals surface area contributed by atoms with Gasteiger partial charge in [0.05, 0.1) is 5.84 Å². The van der Waals surface area contributed by atoms with E-state index >= 15 is 0 Å². The van der Waals surface area contributed by atoms with Gasteiger partial charge in [-0.2, -0.15) is 0 Å². The van der Waals surface area contributed by atoms with Crippen molar-refractivity contribution in [2.45, 2.75) is 80.2 Å². The molecule has 2 aromatic carbocycles. The number of carbonyl (C=O) groups excluding carboxylic acids is 2. The molecule has 0 bridgehead atoms. The minimum atomic E-state index is -0.651. The van der Waals surface area contributed by atoms with Gasteiger partial charge in [-0.25, -0.2) is 0 Å². The smallest absolute Gasteiger partial charge is 0.159 e. The zero-order valence-electron chi connectivity index (χ0n) is 21.7. The fraction of sp³-hybridized carbons (Fsp3) is 0.483. The fourth-order valence-corrected chi connectivity index (χ4v) is 3.52. The van der Waals surface area contributed by atoms with E-state index in [4.69, 9.17) is 5.73 Å². The molecule has 33 heavy (non-hydrogen) atoms. The van der Waals surface area contributed by atoms with Crippen molar-refractivity contribution in [2.75, 3.05) is 0 Å². The van der Waals surface area contributed by atoms with E-state index in [1.807, 2.05) is 38.1 Å². The molecule has 0 aliphatic carbocycles. The first-order valence-electron chi connectivity index (χ1n) is 12.0. The molecule has 2 rings (SSSR count). The molecule has 4 nitrogen and oxygen atoms in total. The molecule has 0 saturated carbocycles. The number of nitrogens with zero attached hydrogens (tertiary/aromatic N) is 1. The lowest BCUT2D eigenvalue weighted by Gasteiger charge is -2.26. The first-order valence-corrected chi connectivity index (χ1v) is 12.0. The average Bonchev–Trinajstić information content (AvgIpc) is 2.78. The molecular weight excluding hydrogens is 408 g/mol. The summed E-state index contributed by atoms with van der Waals surface area (Å²) >= 11 is 0. The largest absolute Gasteiger partial charge is 0.387 e. The summed E-state index contributed by atoms with van der Waals surface area (Å²) in [5.74, 6) is 1.47. The summed E-state index contributed by atoms with van der Waals surface area (Å²) in [5.41, 5.74) is 9.63. The van der Waals surface area contributed by atoms with Gasteiger partial charge < -0.3 is 5.73 Å². The molecular formula is C29H42N2O2. The lowest BCUT2D eigenvalue weighted by Crippen LogP contribution is -2.37. The Balaban J connectivity index is 0.000000331. The predicted molar refractivity (Wildman–Crippen MR) is 141 cm³/mol. The summed E-state index contributed by atoms with van der Waals surface area (Å²) in [4.78, 5) is 27.5. The molecule has 0 spiro atoms. The Bertz CT molecular complexity index is 944. The Hall–Kier alpha value is -2.75. The molecule has 0 heterocycles. The number of hydrogen-bond acceptors (Lipinski definition) is 3. The third-order valence-electron chi connectivity index (χ3n) is 6.02. The highest BCUT2D eigenvalue weighted by molar-refractivity contribution is 5.95. The minimum Gasteiger partial charge on any atom is -0.387 e. The molecule has 2 aromatic rings. The van der Waals surface area contributed by atoms with E-state index in [1.165, 1.54) is 5.56 Å². The fourth-order valence-electron chi connectivity index (χ4n) is 3.52. The van der Waals surface area contributed by atoms with Crippen LogP contribution in [0.25, 0.3) is 11.1 Å². The van der Waals surface area contributed by atoms with Crippen LogP contribution in [0.5, 0.6) is 0 Å². The van der Waals surface area contributed by atoms with E-state index in [0.717, 1.165) is 36.0 Å². The van der Waals surface area contributed by atoms with Crippen LogP contribution in [0.1, 0.15) is 84.2 Å². The Morgan fingerprint density at radius 2 is 1.58 bits per heavy atom. The monoisotopic (exact) mass is 450 g/mol. The van der Waals surface area contributed by atoms with Gasteiger partial charge >= 0.3 is 0 Å². The second-order valence-corrected chi connectivity index (χ2v) is 9.46. The van der Waals surface area contributed by atoms with Crippen molar-refractivity contribution in [2.24, 2.45) is 22.6 Å². The molecule has 2 N–H and O–H groups in total. The highest BCUT2D eigenvalue weighted by atomic mass is 16.1. The third kappa shape index (κ3) is 8.95. The van der Waals surface area contributed by atoms with Crippen LogP contribution in [0.15, 0.2) is 53.5 Å². The summed E-state index contributed by atoms with van der Waals surface area (Å²) in [6, 6.07) is 16.3. The van der Waals surface area contributed by atoms with Crippen LogP contribution in [0, 0.1) is 11.8 Å². The van der Waals surface area contributed by atoms with Crippen LogP contribution in [-0.4, -0.2) is 22.9 Å². The van der Waals surface area contributed by atoms with Crippen molar-refractivity contribution in [3.63, 3.8) is 0 Å². The zero-order valence-corrected chi connectivity index (χ0v) is 21.7. The van der Waals surface area contributed by atoms with Crippen LogP contribution in [0.2, 0.25) is 0 Å². The van der Waals surface area contributed by atoms with Crippen LogP contribution >= 0.6 is 0 Å². The molecule has 2 atom stereocenters. The number of aliphatic imine (C=N–C) groups is 1. The number of carbonyl (C=O) groups is 2. The highest BCUT2D eigenvalue weighted by Crippen LogP contribution is 2.23. The van der Waals surface area contributed by atoms with Crippen molar-refractivity contribution in [3.05, 3.63) is 59.7 Å². The maximum Gasteiger partial charge on any atom is 0.159 e. The van der Waals surface area contributed by atoms with E-state index < -0.39 is 5.54 Å². The number of aryl methyl sites for hydroxylation is 1. The van der Waals surface area contributed by atoms with Crippen molar-refractivity contribution in [1.29, 1.82) is 0 Å². The molecule has 0 aliphatic heterocycles. The molecule has 0 radical (unpaired) electrons. The number of Topliss-reactive ketones (excluding diaryl/α,β-unsaturated/α-hetero) is 2. The van der Waals surface area contributed by atoms with Gasteiger partial charge in [0.25, 0.3) is 0 Å². The van der Waals surface area contributed by atoms with Crippen molar-refractivity contribution in [1.82, 2.24) is 0 Å². The first-order chi connectivity index (χ1) is 15.4. The van der Waals surface area contributed by atoms with E-state index in [1.54, 1.807) is 13.8 Å². The molecule has 0 saturated heterocycles. The van der Waals surface area contributed by atoms with Gasteiger partial charge in [0.2, 0.25) is 0 Å². The summed E-state index contributed by atoms with van der Waals surface area (Å²) in [7, 11) is 0. The first kappa shape index (κ1) is 28.3. The van der Waals surface area contributed by atoms with Crippen LogP contribution < -0.4 is 5.73 Å². The molecule has 0 fully saturated rings. The van der Waals surface area contributed by atoms with Gasteiger partial charge in [0.1, 0.15) is 5.54 Å². The average molecular weight is 451 g/mol. The summed E-state index contributed by atoms with van der Waals surface area (Å²) in [6.45, 7) is 15.5. The predicted octanol–water partition coefficient (Wildman–Crippen LogP) is 6.90. The molecule has 180 valence electrons. The molecule has 0 aromatic heterocycles. The summed E-state index contributed by atoms with van der Waals surface area (Å²) in [5, 5.41) is 0. The van der Waals surface area contributed by atoms with Crippen LogP contribution in [0.4, 0.5) is 0 Å². The Morgan fingerprint density at radius 3 is 2.03 bits per heavy atom. The summed E-state index contributed by atoms with van der Waals surface area (Å²) in [6.07, 6.45) is 2.75. The maximum absolute atomic E-state index is 11.7. The van der Waals surface area contributed by atoms with E-state index in [0.29, 0.717) is 11.8 Å². The standard InChI is InChI=1S/C16H16O.C13H26N2O/c1-3-13-7-9-14(10-8-13)16-6-4-5-15(11-16)12(2)17;1-7-10(4)12(14)15-13(6,11(5)16)8-9(2)3/h4-11H,3H2,1-2H3;9-10H,7-8H2,1-6H3,(H2,14,15). The maximum atomic E-state index is 11.7. The van der Waals surface area contributed by atoms with E-state index in [-0.39, 0.29) is 17.5 Å². The molecule has 0 aliphatic rings. The second kappa shape index (κ2) is 13.1. The Labute approximate surface area is 200 Å². The van der Waals surface area contributed by atoms with Gasteiger partial charge in [-0.1, -0.05) is 77.1 Å². The molecule has 4 heteroatoms. The zero-order chi connectivity index (χ0) is 25.2. The molecule has 2 unspecified atom stereocenters. The summed E-state index contributed by atoms with van der Waals surface area (Å²) < 4.78 is 0. The van der Waals surface area contributed by atoms with Crippen LogP contribution in [0.3, 0.4) is 0 Å². The van der Waals surface area contributed by atoms with E-state index in [9.17, 15) is 9.59 Å². The van der Waals surface area contributed by atoms with Crippen LogP contribution in [-0.2, 0) is 11.2 Å². The third-order valence-corrected chi connectivity index (χ3v) is 6.02. The number of hydrogen-bond donors (Lipinski definition) is 1. The number of benzene rings is 2. The van der Waals surface area contributed by atoms with Gasteiger partial charge in [0.15, 0.2) is 11.6 Å². The van der Waals surface area contributed by atoms with Crippen molar-refractivity contribution >= 4 is 17.4 Å². The Kier molecular flexibility index (Phi) is 11.2. The SMILES string of the molecule is CCC(C)C(N)=NC(C)(CC(C)C)C(C)=O.CCc1ccc(-c2cccc(C(C)=O)c2)cc1. The van der Waals surface area contributed by atoms with Gasteiger partial charge in [0, 0.05) is 11.5 Å². The number of ketones is 2. The highest BCUT2D eigenvalue weighted by Gasteiger charge is 2.30. The molecule has 0 amide bonds. The van der Waals surface area contributed by atoms with Crippen molar-refractivity contribution in [3.8, 4) is 11.1 Å². The van der Waals surface area contributed by atoms with E-state index in [2.05, 4.69) is 57.0 Å². The van der Waals surface area contributed by atoms with Gasteiger partial charge in [-0.05, 0) is 68.7 Å². The number of nitrogens with two attached hydrogens (primary N) is 1. The minimum absolute atomic E-state index is 0.0902. The lowest BCUT2D eigenvalue weighted by molar-refractivity contribution is -0.121. The second-order valence-electron chi connectivity index (χ2n) is 9.46.